The molecule has 0 spiro atoms. The first-order valence-corrected chi connectivity index (χ1v) is 4.47. The van der Waals surface area contributed by atoms with Crippen LogP contribution in [0.5, 0.6) is 0 Å². The Morgan fingerprint density at radius 2 is 1.87 bits per heavy atom. The van der Waals surface area contributed by atoms with E-state index in [1.54, 1.807) is 6.92 Å². The molecule has 15 heavy (non-hydrogen) atoms. The summed E-state index contributed by atoms with van der Waals surface area (Å²) >= 11 is 0. The lowest BCUT2D eigenvalue weighted by atomic mass is 10.4. The van der Waals surface area contributed by atoms with Gasteiger partial charge in [0.15, 0.2) is 0 Å². The Kier molecular flexibility index (Phi) is 23.2. The highest BCUT2D eigenvalue weighted by Gasteiger charge is 2.05. The normalized spacial score (nSPS) is 11.5. The molecule has 0 aromatic rings. The maximum Gasteiger partial charge on any atom is 0.309 e. The number of urea groups is 1. The van der Waals surface area contributed by atoms with Crippen molar-refractivity contribution >= 4 is 11.9 Å². The number of amides is 3. The van der Waals surface area contributed by atoms with Gasteiger partial charge < -0.3 is 21.9 Å². The first kappa shape index (κ1) is 19.1. The van der Waals surface area contributed by atoms with Gasteiger partial charge in [-0.2, -0.15) is 0 Å². The van der Waals surface area contributed by atoms with Crippen molar-refractivity contribution in [2.45, 2.75) is 19.8 Å². The second-order valence-corrected chi connectivity index (χ2v) is 2.17. The number of aliphatic hydroxyl groups excluding tert-OH is 1. The van der Waals surface area contributed by atoms with Crippen LogP contribution < -0.4 is 16.8 Å². The topological polar surface area (TPSA) is 118 Å². The molecule has 0 unspecified atom stereocenters. The third-order valence-electron chi connectivity index (χ3n) is 0.903. The van der Waals surface area contributed by atoms with Gasteiger partial charge in [-0.15, -0.1) is 13.2 Å². The van der Waals surface area contributed by atoms with E-state index in [0.717, 1.165) is 19.4 Å². The molecule has 6 nitrogen and oxygen atoms in total. The third kappa shape index (κ3) is 45.8. The molecule has 90 valence electrons. The lowest BCUT2D eigenvalue weighted by Crippen LogP contribution is -2.18. The average molecular weight is 219 g/mol. The van der Waals surface area contributed by atoms with Crippen LogP contribution in [0, 0.1) is 0 Å². The van der Waals surface area contributed by atoms with E-state index >= 15 is 0 Å². The molecule has 0 bridgehead atoms. The molecule has 1 fully saturated rings. The number of aliphatic hydroxyl groups is 1. The molecule has 6 heteroatoms. The highest BCUT2D eigenvalue weighted by molar-refractivity contribution is 5.77. The molecule has 0 saturated carbocycles. The molecule has 1 rings (SSSR count). The molecule has 0 aliphatic carbocycles. The van der Waals surface area contributed by atoms with Crippen molar-refractivity contribution in [1.82, 2.24) is 5.32 Å². The van der Waals surface area contributed by atoms with E-state index in [4.69, 9.17) is 9.90 Å². The van der Waals surface area contributed by atoms with Crippen LogP contribution in [-0.4, -0.2) is 30.2 Å². The van der Waals surface area contributed by atoms with Crippen molar-refractivity contribution < 1.29 is 14.7 Å². The van der Waals surface area contributed by atoms with Gasteiger partial charge in [0.05, 0.1) is 0 Å². The largest absolute Gasteiger partial charge is 0.397 e. The summed E-state index contributed by atoms with van der Waals surface area (Å²) in [6.45, 7) is 8.82. The van der Waals surface area contributed by atoms with Gasteiger partial charge in [0.2, 0.25) is 5.91 Å². The minimum absolute atomic E-state index is 0.204. The third-order valence-corrected chi connectivity index (χ3v) is 0.903. The number of nitrogens with two attached hydrogens (primary N) is 2. The van der Waals surface area contributed by atoms with Crippen LogP contribution in [0.1, 0.15) is 19.8 Å². The second kappa shape index (κ2) is 18.3. The molecule has 1 aliphatic heterocycles. The van der Waals surface area contributed by atoms with E-state index in [9.17, 15) is 4.79 Å². The maximum atomic E-state index is 10.1. The number of carbonyl (C=O) groups excluding carboxylic acids is 2. The van der Waals surface area contributed by atoms with Crippen LogP contribution in [0.3, 0.4) is 0 Å². The molecule has 0 aromatic heterocycles. The summed E-state index contributed by atoms with van der Waals surface area (Å²) in [5.74, 6) is 0.204. The molecule has 0 aromatic carbocycles. The standard InChI is InChI=1S/C4H7NO.C2H6O.C2H4.CH4N2O/c6-4-2-1-3-5-4;1-2-3;1-2;2-1(3)4/h1-3H2,(H,5,6);3H,2H2,1H3;1-2H2;(H4,2,3,4). The van der Waals surface area contributed by atoms with Crippen molar-refractivity contribution in [3.05, 3.63) is 13.2 Å². The van der Waals surface area contributed by atoms with E-state index in [0.29, 0.717) is 0 Å². The van der Waals surface area contributed by atoms with Gasteiger partial charge >= 0.3 is 6.03 Å². The van der Waals surface area contributed by atoms with E-state index in [1.165, 1.54) is 0 Å². The van der Waals surface area contributed by atoms with Gasteiger partial charge in [-0.05, 0) is 13.3 Å². The van der Waals surface area contributed by atoms with Crippen LogP contribution in [0.15, 0.2) is 13.2 Å². The summed E-state index contributed by atoms with van der Waals surface area (Å²) in [5.41, 5.74) is 8.50. The van der Waals surface area contributed by atoms with Crippen molar-refractivity contribution in [3.8, 4) is 0 Å². The molecule has 1 heterocycles. The fourth-order valence-corrected chi connectivity index (χ4v) is 0.565. The van der Waals surface area contributed by atoms with Gasteiger partial charge in [0, 0.05) is 19.6 Å². The van der Waals surface area contributed by atoms with Crippen molar-refractivity contribution in [2.75, 3.05) is 13.2 Å². The van der Waals surface area contributed by atoms with Crippen molar-refractivity contribution in [3.63, 3.8) is 0 Å². The fourth-order valence-electron chi connectivity index (χ4n) is 0.565. The van der Waals surface area contributed by atoms with Gasteiger partial charge in [0.1, 0.15) is 0 Å². The minimum Gasteiger partial charge on any atom is -0.397 e. The van der Waals surface area contributed by atoms with E-state index < -0.39 is 6.03 Å². The molecular formula is C9H21N3O3. The molecule has 1 aliphatic rings. The van der Waals surface area contributed by atoms with E-state index in [1.807, 2.05) is 0 Å². The lowest BCUT2D eigenvalue weighted by molar-refractivity contribution is -0.119. The molecule has 0 atom stereocenters. The summed E-state index contributed by atoms with van der Waals surface area (Å²) < 4.78 is 0. The van der Waals surface area contributed by atoms with E-state index in [2.05, 4.69) is 29.9 Å². The quantitative estimate of drug-likeness (QED) is 0.419. The molecule has 6 N–H and O–H groups in total. The molecule has 3 amide bonds. The Balaban J connectivity index is -0.000000142. The zero-order valence-corrected chi connectivity index (χ0v) is 9.16. The Labute approximate surface area is 90.3 Å². The van der Waals surface area contributed by atoms with Gasteiger partial charge in [-0.1, -0.05) is 0 Å². The van der Waals surface area contributed by atoms with Gasteiger partial charge in [-0.3, -0.25) is 4.79 Å². The summed E-state index contributed by atoms with van der Waals surface area (Å²) in [7, 11) is 0. The second-order valence-electron chi connectivity index (χ2n) is 2.17. The monoisotopic (exact) mass is 219 g/mol. The van der Waals surface area contributed by atoms with Gasteiger partial charge in [-0.25, -0.2) is 4.79 Å². The average Bonchev–Trinajstić information content (AvgIpc) is 2.60. The van der Waals surface area contributed by atoms with Crippen LogP contribution >= 0.6 is 0 Å². The SMILES string of the molecule is C=C.CCO.NC(N)=O.O=C1CCCN1. The van der Waals surface area contributed by atoms with Crippen LogP contribution in [0.2, 0.25) is 0 Å². The summed E-state index contributed by atoms with van der Waals surface area (Å²) in [5, 5.41) is 10.2. The molecule has 1 saturated heterocycles. The summed E-state index contributed by atoms with van der Waals surface area (Å²) in [6.07, 6.45) is 1.76. The predicted molar refractivity (Wildman–Crippen MR) is 60.0 cm³/mol. The molecule has 0 radical (unpaired) electrons. The van der Waals surface area contributed by atoms with Crippen molar-refractivity contribution in [2.24, 2.45) is 11.5 Å². The van der Waals surface area contributed by atoms with Crippen LogP contribution in [0.25, 0.3) is 0 Å². The highest BCUT2D eigenvalue weighted by Crippen LogP contribution is 1.93. The fraction of sp³-hybridized carbons (Fsp3) is 0.556. The Hall–Kier alpha value is -1.56. The van der Waals surface area contributed by atoms with Crippen molar-refractivity contribution in [1.29, 1.82) is 0 Å². The number of hydrogen-bond acceptors (Lipinski definition) is 3. The zero-order chi connectivity index (χ0) is 12.7. The Morgan fingerprint density at radius 3 is 1.93 bits per heavy atom. The maximum absolute atomic E-state index is 10.1. The zero-order valence-electron chi connectivity index (χ0n) is 9.16. The van der Waals surface area contributed by atoms with Gasteiger partial charge in [0.25, 0.3) is 0 Å². The molecular weight excluding hydrogens is 198 g/mol. The number of nitrogens with one attached hydrogen (secondary N) is 1. The number of primary amides is 2. The van der Waals surface area contributed by atoms with E-state index in [-0.39, 0.29) is 12.5 Å². The smallest absolute Gasteiger partial charge is 0.309 e. The Morgan fingerprint density at radius 1 is 1.53 bits per heavy atom. The number of hydrogen-bond donors (Lipinski definition) is 4. The number of rotatable bonds is 0. The first-order valence-electron chi connectivity index (χ1n) is 4.47. The summed E-state index contributed by atoms with van der Waals surface area (Å²) in [4.78, 5) is 19.1. The van der Waals surface area contributed by atoms with Crippen LogP contribution in [-0.2, 0) is 4.79 Å². The first-order chi connectivity index (χ1) is 7.04. The van der Waals surface area contributed by atoms with Crippen LogP contribution in [0.4, 0.5) is 4.79 Å². The highest BCUT2D eigenvalue weighted by atomic mass is 16.2. The Bertz CT molecular complexity index is 151. The predicted octanol–water partition coefficient (Wildman–Crippen LogP) is -0.279. The summed E-state index contributed by atoms with van der Waals surface area (Å²) in [6, 6.07) is -0.833. The number of carbonyl (C=O) groups is 2. The lowest BCUT2D eigenvalue weighted by Gasteiger charge is -1.80. The minimum atomic E-state index is -0.833.